The predicted molar refractivity (Wildman–Crippen MR) is 78.4 cm³/mol. The zero-order valence-electron chi connectivity index (χ0n) is 13.6. The van der Waals surface area contributed by atoms with Crippen LogP contribution in [-0.4, -0.2) is 31.3 Å². The van der Waals surface area contributed by atoms with E-state index >= 15 is 0 Å². The standard InChI is InChI=1S/C15H29NO4/c1-7-19-13(17)12(10-11(2)3)16-14(18)20-9-8-15(4,5)6/h11-12H,7-10H2,1-6H3,(H,16,18)/t12-/m0/s1. The molecule has 0 aliphatic rings. The van der Waals surface area contributed by atoms with Crippen LogP contribution in [0.25, 0.3) is 0 Å². The second-order valence-electron chi connectivity index (χ2n) is 6.53. The number of hydrogen-bond donors (Lipinski definition) is 1. The first-order valence-corrected chi connectivity index (χ1v) is 7.25. The number of rotatable bonds is 7. The van der Waals surface area contributed by atoms with Crippen molar-refractivity contribution in [2.45, 2.75) is 60.4 Å². The van der Waals surface area contributed by atoms with Crippen molar-refractivity contribution in [2.24, 2.45) is 11.3 Å². The average Bonchev–Trinajstić information content (AvgIpc) is 2.25. The van der Waals surface area contributed by atoms with Crippen LogP contribution in [-0.2, 0) is 14.3 Å². The first kappa shape index (κ1) is 18.7. The lowest BCUT2D eigenvalue weighted by Gasteiger charge is -2.20. The molecule has 0 unspecified atom stereocenters. The molecule has 1 amide bonds. The van der Waals surface area contributed by atoms with E-state index in [1.54, 1.807) is 6.92 Å². The summed E-state index contributed by atoms with van der Waals surface area (Å²) in [6.45, 7) is 12.6. The highest BCUT2D eigenvalue weighted by Crippen LogP contribution is 2.17. The third kappa shape index (κ3) is 9.64. The van der Waals surface area contributed by atoms with Crippen LogP contribution in [0.2, 0.25) is 0 Å². The topological polar surface area (TPSA) is 64.6 Å². The largest absolute Gasteiger partial charge is 0.464 e. The quantitative estimate of drug-likeness (QED) is 0.731. The van der Waals surface area contributed by atoms with Crippen LogP contribution in [0.4, 0.5) is 4.79 Å². The highest BCUT2D eigenvalue weighted by molar-refractivity contribution is 5.81. The van der Waals surface area contributed by atoms with Gasteiger partial charge in [-0.1, -0.05) is 34.6 Å². The molecular formula is C15H29NO4. The molecule has 0 aliphatic carbocycles. The van der Waals surface area contributed by atoms with Crippen molar-refractivity contribution in [3.05, 3.63) is 0 Å². The molecule has 0 rings (SSSR count). The zero-order chi connectivity index (χ0) is 15.8. The molecule has 0 aromatic carbocycles. The molecule has 1 atom stereocenters. The molecule has 1 N–H and O–H groups in total. The molecule has 0 radical (unpaired) electrons. The second kappa shape index (κ2) is 8.82. The van der Waals surface area contributed by atoms with Crippen LogP contribution in [0, 0.1) is 11.3 Å². The average molecular weight is 287 g/mol. The van der Waals surface area contributed by atoms with E-state index < -0.39 is 18.1 Å². The number of carbonyl (C=O) groups is 2. The molecule has 0 aromatic rings. The maximum atomic E-state index is 11.8. The maximum Gasteiger partial charge on any atom is 0.407 e. The summed E-state index contributed by atoms with van der Waals surface area (Å²) in [5.74, 6) is -0.131. The summed E-state index contributed by atoms with van der Waals surface area (Å²) < 4.78 is 10.1. The molecule has 0 fully saturated rings. The Morgan fingerprint density at radius 2 is 1.75 bits per heavy atom. The minimum atomic E-state index is -0.642. The molecule has 5 nitrogen and oxygen atoms in total. The fourth-order valence-corrected chi connectivity index (χ4v) is 1.56. The molecule has 0 spiro atoms. The molecule has 0 saturated heterocycles. The summed E-state index contributed by atoms with van der Waals surface area (Å²) in [6, 6.07) is -0.642. The SMILES string of the molecule is CCOC(=O)[C@H](CC(C)C)NC(=O)OCCC(C)(C)C. The Morgan fingerprint density at radius 3 is 2.20 bits per heavy atom. The summed E-state index contributed by atoms with van der Waals surface area (Å²) in [5, 5.41) is 2.58. The molecule has 0 saturated carbocycles. The van der Waals surface area contributed by atoms with Gasteiger partial charge in [-0.25, -0.2) is 9.59 Å². The highest BCUT2D eigenvalue weighted by Gasteiger charge is 2.24. The van der Waals surface area contributed by atoms with Gasteiger partial charge in [0.15, 0.2) is 0 Å². The van der Waals surface area contributed by atoms with Crippen LogP contribution in [0.3, 0.4) is 0 Å². The lowest BCUT2D eigenvalue weighted by atomic mass is 9.93. The van der Waals surface area contributed by atoms with Gasteiger partial charge in [0.05, 0.1) is 13.2 Å². The molecule has 0 bridgehead atoms. The Hall–Kier alpha value is -1.26. The zero-order valence-corrected chi connectivity index (χ0v) is 13.6. The molecule has 118 valence electrons. The Morgan fingerprint density at radius 1 is 1.15 bits per heavy atom. The number of hydrogen-bond acceptors (Lipinski definition) is 4. The van der Waals surface area contributed by atoms with Gasteiger partial charge < -0.3 is 14.8 Å². The highest BCUT2D eigenvalue weighted by atomic mass is 16.6. The normalized spacial score (nSPS) is 12.9. The van der Waals surface area contributed by atoms with E-state index in [1.165, 1.54) is 0 Å². The van der Waals surface area contributed by atoms with Crippen LogP contribution >= 0.6 is 0 Å². The summed E-state index contributed by atoms with van der Waals surface area (Å²) in [6.07, 6.45) is 0.745. The minimum Gasteiger partial charge on any atom is -0.464 e. The third-order valence-electron chi connectivity index (χ3n) is 2.66. The van der Waals surface area contributed by atoms with Crippen molar-refractivity contribution in [3.63, 3.8) is 0 Å². The van der Waals surface area contributed by atoms with Crippen LogP contribution in [0.5, 0.6) is 0 Å². The van der Waals surface area contributed by atoms with E-state index in [2.05, 4.69) is 26.1 Å². The summed E-state index contributed by atoms with van der Waals surface area (Å²) in [5.41, 5.74) is 0.110. The number of carbonyl (C=O) groups excluding carboxylic acids is 2. The Bertz CT molecular complexity index is 307. The first-order chi connectivity index (χ1) is 9.15. The Balaban J connectivity index is 4.28. The van der Waals surface area contributed by atoms with Crippen molar-refractivity contribution in [1.29, 1.82) is 0 Å². The van der Waals surface area contributed by atoms with Gasteiger partial charge in [0.1, 0.15) is 6.04 Å². The van der Waals surface area contributed by atoms with Gasteiger partial charge in [0, 0.05) is 0 Å². The van der Waals surface area contributed by atoms with Crippen LogP contribution in [0.15, 0.2) is 0 Å². The van der Waals surface area contributed by atoms with Gasteiger partial charge in [-0.2, -0.15) is 0 Å². The van der Waals surface area contributed by atoms with Crippen molar-refractivity contribution in [2.75, 3.05) is 13.2 Å². The molecule has 0 heterocycles. The Labute approximate surface area is 122 Å². The van der Waals surface area contributed by atoms with Crippen molar-refractivity contribution in [3.8, 4) is 0 Å². The fraction of sp³-hybridized carbons (Fsp3) is 0.867. The number of esters is 1. The van der Waals surface area contributed by atoms with E-state index in [1.807, 2.05) is 13.8 Å². The number of alkyl carbamates (subject to hydrolysis) is 1. The van der Waals surface area contributed by atoms with E-state index in [4.69, 9.17) is 9.47 Å². The van der Waals surface area contributed by atoms with Gasteiger partial charge in [-0.05, 0) is 31.1 Å². The Kier molecular flexibility index (Phi) is 8.26. The lowest BCUT2D eigenvalue weighted by Crippen LogP contribution is -2.43. The molecule has 0 aromatic heterocycles. The third-order valence-corrected chi connectivity index (χ3v) is 2.66. The van der Waals surface area contributed by atoms with Crippen LogP contribution in [0.1, 0.15) is 54.4 Å². The first-order valence-electron chi connectivity index (χ1n) is 7.25. The molecule has 20 heavy (non-hydrogen) atoms. The van der Waals surface area contributed by atoms with E-state index in [0.29, 0.717) is 19.6 Å². The predicted octanol–water partition coefficient (Wildman–Crippen LogP) is 3.13. The fourth-order valence-electron chi connectivity index (χ4n) is 1.56. The summed E-state index contributed by atoms with van der Waals surface area (Å²) in [4.78, 5) is 23.4. The number of ether oxygens (including phenoxy) is 2. The van der Waals surface area contributed by atoms with Gasteiger partial charge >= 0.3 is 12.1 Å². The van der Waals surface area contributed by atoms with Crippen LogP contribution < -0.4 is 5.32 Å². The number of amides is 1. The van der Waals surface area contributed by atoms with Gasteiger partial charge in [0.2, 0.25) is 0 Å². The lowest BCUT2D eigenvalue weighted by molar-refractivity contribution is -0.146. The summed E-state index contributed by atoms with van der Waals surface area (Å²) >= 11 is 0. The van der Waals surface area contributed by atoms with E-state index in [9.17, 15) is 9.59 Å². The smallest absolute Gasteiger partial charge is 0.407 e. The van der Waals surface area contributed by atoms with Crippen molar-refractivity contribution >= 4 is 12.1 Å². The molecule has 5 heteroatoms. The van der Waals surface area contributed by atoms with E-state index in [-0.39, 0.29) is 11.3 Å². The van der Waals surface area contributed by atoms with Gasteiger partial charge in [-0.3, -0.25) is 0 Å². The monoisotopic (exact) mass is 287 g/mol. The minimum absolute atomic E-state index is 0.110. The van der Waals surface area contributed by atoms with Crippen molar-refractivity contribution in [1.82, 2.24) is 5.32 Å². The molecule has 0 aliphatic heterocycles. The van der Waals surface area contributed by atoms with Gasteiger partial charge in [0.25, 0.3) is 0 Å². The van der Waals surface area contributed by atoms with Gasteiger partial charge in [-0.15, -0.1) is 0 Å². The summed E-state index contributed by atoms with van der Waals surface area (Å²) in [7, 11) is 0. The van der Waals surface area contributed by atoms with E-state index in [0.717, 1.165) is 6.42 Å². The van der Waals surface area contributed by atoms with Crippen molar-refractivity contribution < 1.29 is 19.1 Å². The molecular weight excluding hydrogens is 258 g/mol. The maximum absolute atomic E-state index is 11.8. The number of nitrogens with one attached hydrogen (secondary N) is 1. The second-order valence-corrected chi connectivity index (χ2v) is 6.53.